The summed E-state index contributed by atoms with van der Waals surface area (Å²) in [5.41, 5.74) is 0.319. The summed E-state index contributed by atoms with van der Waals surface area (Å²) in [6.07, 6.45) is -3.82. The lowest BCUT2D eigenvalue weighted by Crippen LogP contribution is -2.37. The van der Waals surface area contributed by atoms with Crippen molar-refractivity contribution in [3.05, 3.63) is 29.8 Å². The van der Waals surface area contributed by atoms with Crippen molar-refractivity contribution in [2.75, 3.05) is 13.1 Å². The van der Waals surface area contributed by atoms with E-state index in [-0.39, 0.29) is 17.6 Å². The number of carbonyl (C=O) groups excluding carboxylic acids is 1. The van der Waals surface area contributed by atoms with Gasteiger partial charge in [-0.3, -0.25) is 9.59 Å². The predicted molar refractivity (Wildman–Crippen MR) is 78.5 cm³/mol. The number of carbonyl (C=O) groups is 2. The number of nitrogens with zero attached hydrogens (tertiary/aromatic N) is 1. The Morgan fingerprint density at radius 3 is 2.58 bits per heavy atom. The first kappa shape index (κ1) is 18.1. The molecule has 0 saturated heterocycles. The van der Waals surface area contributed by atoms with Crippen LogP contribution < -0.4 is 4.74 Å². The second-order valence-electron chi connectivity index (χ2n) is 5.69. The number of carboxylic acids is 1. The maximum atomic E-state index is 12.5. The minimum absolute atomic E-state index is 0.301. The van der Waals surface area contributed by atoms with Crippen LogP contribution in [-0.4, -0.2) is 41.3 Å². The van der Waals surface area contributed by atoms with Gasteiger partial charge >= 0.3 is 12.3 Å². The van der Waals surface area contributed by atoms with Crippen LogP contribution in [0, 0.1) is 5.92 Å². The Bertz CT molecular complexity index is 618. The molecule has 2 unspecified atom stereocenters. The second-order valence-corrected chi connectivity index (χ2v) is 5.69. The summed E-state index contributed by atoms with van der Waals surface area (Å²) in [5, 5.41) is 8.88. The van der Waals surface area contributed by atoms with Gasteiger partial charge in [0.25, 0.3) is 0 Å². The molecule has 2 atom stereocenters. The van der Waals surface area contributed by atoms with Gasteiger partial charge < -0.3 is 14.7 Å². The number of ether oxygens (including phenoxy) is 1. The zero-order valence-corrected chi connectivity index (χ0v) is 13.0. The van der Waals surface area contributed by atoms with Crippen LogP contribution >= 0.6 is 0 Å². The van der Waals surface area contributed by atoms with Crippen molar-refractivity contribution in [3.8, 4) is 5.75 Å². The van der Waals surface area contributed by atoms with Gasteiger partial charge in [-0.15, -0.1) is 13.2 Å². The van der Waals surface area contributed by atoms with Crippen molar-refractivity contribution in [2.24, 2.45) is 5.92 Å². The van der Waals surface area contributed by atoms with Crippen molar-refractivity contribution in [1.29, 1.82) is 0 Å². The van der Waals surface area contributed by atoms with Crippen molar-refractivity contribution < 1.29 is 32.6 Å². The highest BCUT2D eigenvalue weighted by molar-refractivity contribution is 5.86. The molecule has 0 aromatic heterocycles. The molecular weight excluding hydrogens is 327 g/mol. The molecule has 1 saturated carbocycles. The topological polar surface area (TPSA) is 66.8 Å². The van der Waals surface area contributed by atoms with E-state index in [0.29, 0.717) is 24.9 Å². The van der Waals surface area contributed by atoms with E-state index >= 15 is 0 Å². The first-order valence-corrected chi connectivity index (χ1v) is 7.58. The largest absolute Gasteiger partial charge is 0.573 e. The van der Waals surface area contributed by atoms with Gasteiger partial charge in [0.15, 0.2) is 0 Å². The summed E-state index contributed by atoms with van der Waals surface area (Å²) in [6.45, 7) is 1.71. The van der Waals surface area contributed by atoms with Crippen molar-refractivity contribution in [1.82, 2.24) is 4.90 Å². The fraction of sp³-hybridized carbons (Fsp3) is 0.500. The summed E-state index contributed by atoms with van der Waals surface area (Å²) in [7, 11) is 0. The highest BCUT2D eigenvalue weighted by Crippen LogP contribution is 2.51. The lowest BCUT2D eigenvalue weighted by atomic mass is 10.1. The normalized spacial score (nSPS) is 19.7. The predicted octanol–water partition coefficient (Wildman–Crippen LogP) is 3.01. The zero-order valence-electron chi connectivity index (χ0n) is 13.0. The van der Waals surface area contributed by atoms with E-state index in [1.165, 1.54) is 23.1 Å². The van der Waals surface area contributed by atoms with Gasteiger partial charge in [-0.2, -0.15) is 0 Å². The third-order valence-corrected chi connectivity index (χ3v) is 3.78. The molecule has 1 N–H and O–H groups in total. The molecule has 0 aliphatic heterocycles. The average molecular weight is 345 g/mol. The Balaban J connectivity index is 2.12. The minimum Gasteiger partial charge on any atom is -0.480 e. The molecule has 0 radical (unpaired) electrons. The number of carboxylic acid groups (broad SMARTS) is 1. The van der Waals surface area contributed by atoms with E-state index in [1.54, 1.807) is 6.07 Å². The number of hydrogen-bond acceptors (Lipinski definition) is 3. The molecular formula is C16H18F3NO4. The van der Waals surface area contributed by atoms with E-state index in [2.05, 4.69) is 4.74 Å². The first-order valence-electron chi connectivity index (χ1n) is 7.58. The molecule has 1 aliphatic carbocycles. The van der Waals surface area contributed by atoms with Crippen LogP contribution in [-0.2, 0) is 9.59 Å². The van der Waals surface area contributed by atoms with Crippen molar-refractivity contribution >= 4 is 11.9 Å². The molecule has 1 aliphatic rings. The molecule has 8 heteroatoms. The number of halogens is 3. The summed E-state index contributed by atoms with van der Waals surface area (Å²) in [4.78, 5) is 24.5. The van der Waals surface area contributed by atoms with Gasteiger partial charge in [0.1, 0.15) is 12.3 Å². The lowest BCUT2D eigenvalue weighted by Gasteiger charge is -2.20. The van der Waals surface area contributed by atoms with Gasteiger partial charge in [0.05, 0.1) is 0 Å². The van der Waals surface area contributed by atoms with E-state index in [0.717, 1.165) is 0 Å². The van der Waals surface area contributed by atoms with Gasteiger partial charge in [-0.05, 0) is 30.4 Å². The number of rotatable bonds is 7. The Hall–Kier alpha value is -2.25. The number of para-hydroxylation sites is 1. The van der Waals surface area contributed by atoms with Gasteiger partial charge in [0, 0.05) is 12.5 Å². The number of hydrogen-bond donors (Lipinski definition) is 1. The molecule has 24 heavy (non-hydrogen) atoms. The summed E-state index contributed by atoms with van der Waals surface area (Å²) >= 11 is 0. The highest BCUT2D eigenvalue weighted by atomic mass is 19.4. The molecule has 1 fully saturated rings. The fourth-order valence-electron chi connectivity index (χ4n) is 2.75. The van der Waals surface area contributed by atoms with Crippen LogP contribution in [0.15, 0.2) is 24.3 Å². The monoisotopic (exact) mass is 345 g/mol. The molecule has 0 heterocycles. The second kappa shape index (κ2) is 7.11. The molecule has 1 aromatic rings. The molecule has 2 rings (SSSR count). The SMILES string of the molecule is CCCN(CC(=O)O)C(=O)C1CC1c1ccccc1OC(F)(F)F. The number of alkyl halides is 3. The minimum atomic E-state index is -4.80. The van der Waals surface area contributed by atoms with E-state index < -0.39 is 24.8 Å². The molecule has 0 spiro atoms. The first-order chi connectivity index (χ1) is 11.2. The van der Waals surface area contributed by atoms with Crippen LogP contribution in [0.4, 0.5) is 13.2 Å². The van der Waals surface area contributed by atoms with Crippen molar-refractivity contribution in [3.63, 3.8) is 0 Å². The molecule has 132 valence electrons. The molecule has 0 bridgehead atoms. The Morgan fingerprint density at radius 1 is 1.33 bits per heavy atom. The summed E-state index contributed by atoms with van der Waals surface area (Å²) in [6, 6.07) is 5.72. The fourth-order valence-corrected chi connectivity index (χ4v) is 2.75. The Morgan fingerprint density at radius 2 is 2.00 bits per heavy atom. The van der Waals surface area contributed by atoms with Crippen LogP contribution in [0.1, 0.15) is 31.2 Å². The maximum Gasteiger partial charge on any atom is 0.573 e. The van der Waals surface area contributed by atoms with Crippen LogP contribution in [0.3, 0.4) is 0 Å². The molecule has 1 aromatic carbocycles. The quantitative estimate of drug-likeness (QED) is 0.825. The maximum absolute atomic E-state index is 12.5. The third kappa shape index (κ3) is 4.62. The Kier molecular flexibility index (Phi) is 5.36. The Labute approximate surface area is 137 Å². The van der Waals surface area contributed by atoms with Crippen LogP contribution in [0.25, 0.3) is 0 Å². The van der Waals surface area contributed by atoms with E-state index in [4.69, 9.17) is 5.11 Å². The van der Waals surface area contributed by atoms with E-state index in [9.17, 15) is 22.8 Å². The molecule has 1 amide bonds. The van der Waals surface area contributed by atoms with Crippen molar-refractivity contribution in [2.45, 2.75) is 32.0 Å². The standard InChI is InChI=1S/C16H18F3NO4/c1-2-7-20(9-14(21)22)15(23)12-8-11(12)10-5-3-4-6-13(10)24-16(17,18)19/h3-6,11-12H,2,7-9H2,1H3,(H,21,22). The number of aliphatic carboxylic acids is 1. The van der Waals surface area contributed by atoms with Gasteiger partial charge in [-0.1, -0.05) is 25.1 Å². The average Bonchev–Trinajstić information content (AvgIpc) is 3.25. The summed E-state index contributed by atoms with van der Waals surface area (Å²) < 4.78 is 41.4. The van der Waals surface area contributed by atoms with Gasteiger partial charge in [0.2, 0.25) is 5.91 Å². The van der Waals surface area contributed by atoms with Crippen LogP contribution in [0.5, 0.6) is 5.75 Å². The highest BCUT2D eigenvalue weighted by Gasteiger charge is 2.47. The van der Waals surface area contributed by atoms with Crippen LogP contribution in [0.2, 0.25) is 0 Å². The van der Waals surface area contributed by atoms with Gasteiger partial charge in [-0.25, -0.2) is 0 Å². The zero-order chi connectivity index (χ0) is 17.9. The smallest absolute Gasteiger partial charge is 0.480 e. The van der Waals surface area contributed by atoms with E-state index in [1.807, 2.05) is 6.92 Å². The number of amides is 1. The summed E-state index contributed by atoms with van der Waals surface area (Å²) in [5.74, 6) is -2.66. The lowest BCUT2D eigenvalue weighted by molar-refractivity contribution is -0.274. The third-order valence-electron chi connectivity index (χ3n) is 3.78. The molecule has 5 nitrogen and oxygen atoms in total. The number of benzene rings is 1.